The predicted molar refractivity (Wildman–Crippen MR) is 139 cm³/mol. The fraction of sp³-hybridized carbons (Fsp3) is 0.111. The van der Waals surface area contributed by atoms with Gasteiger partial charge in [0.05, 0.1) is 45.8 Å². The summed E-state index contributed by atoms with van der Waals surface area (Å²) in [5.74, 6) is -0.628. The van der Waals surface area contributed by atoms with Crippen molar-refractivity contribution in [2.24, 2.45) is 0 Å². The van der Waals surface area contributed by atoms with Gasteiger partial charge in [-0.05, 0) is 48.0 Å². The van der Waals surface area contributed by atoms with Crippen LogP contribution >= 0.6 is 11.6 Å². The Kier molecular flexibility index (Phi) is 7.41. The van der Waals surface area contributed by atoms with E-state index in [1.165, 1.54) is 24.4 Å². The zero-order valence-corrected chi connectivity index (χ0v) is 21.7. The quantitative estimate of drug-likeness (QED) is 0.178. The lowest BCUT2D eigenvalue weighted by Crippen LogP contribution is -2.14. The molecule has 3 aromatic heterocycles. The van der Waals surface area contributed by atoms with Gasteiger partial charge in [0, 0.05) is 11.8 Å². The Hall–Kier alpha value is -4.85. The third-order valence-corrected chi connectivity index (χ3v) is 6.40. The largest absolute Gasteiger partial charge is 0.416 e. The van der Waals surface area contributed by atoms with Gasteiger partial charge < -0.3 is 5.73 Å². The Morgan fingerprint density at radius 3 is 2.17 bits per heavy atom. The molecule has 0 saturated carbocycles. The molecule has 0 bridgehead atoms. The standard InChI is InChI=1S/C27H16ClF6N7O/c28-18-6-2-1-5-17(18)25(42)21-19(35)12-37-38-22(21)23-24(20-7-3-4-8-36-20)41(40-39-23)13-14-9-15(26(29,30)31)11-16(10-14)27(32,33)34/h1-12H,13H2,(H2,35,38). The van der Waals surface area contributed by atoms with E-state index in [0.717, 1.165) is 10.9 Å². The van der Waals surface area contributed by atoms with Crippen molar-refractivity contribution in [3.63, 3.8) is 0 Å². The highest BCUT2D eigenvalue weighted by Gasteiger charge is 2.37. The lowest BCUT2D eigenvalue weighted by atomic mass is 9.98. The second kappa shape index (κ2) is 10.9. The number of anilines is 1. The van der Waals surface area contributed by atoms with Gasteiger partial charge >= 0.3 is 12.4 Å². The summed E-state index contributed by atoms with van der Waals surface area (Å²) in [6.07, 6.45) is -7.54. The topological polar surface area (TPSA) is 112 Å². The lowest BCUT2D eigenvalue weighted by molar-refractivity contribution is -0.143. The minimum atomic E-state index is -5.04. The van der Waals surface area contributed by atoms with Gasteiger partial charge in [0.1, 0.15) is 17.1 Å². The molecular weight excluding hydrogens is 588 g/mol. The van der Waals surface area contributed by atoms with Gasteiger partial charge in [0.2, 0.25) is 0 Å². The van der Waals surface area contributed by atoms with Crippen LogP contribution in [0.3, 0.4) is 0 Å². The zero-order valence-electron chi connectivity index (χ0n) is 20.9. The lowest BCUT2D eigenvalue weighted by Gasteiger charge is -2.15. The molecule has 15 heteroatoms. The molecule has 0 amide bonds. The molecule has 0 aliphatic carbocycles. The van der Waals surface area contributed by atoms with Gasteiger partial charge in [-0.1, -0.05) is 35.0 Å². The van der Waals surface area contributed by atoms with E-state index < -0.39 is 35.8 Å². The van der Waals surface area contributed by atoms with Gasteiger partial charge in [0.15, 0.2) is 5.78 Å². The van der Waals surface area contributed by atoms with E-state index in [9.17, 15) is 31.1 Å². The molecule has 0 aliphatic rings. The molecule has 0 spiro atoms. The molecule has 0 saturated heterocycles. The summed E-state index contributed by atoms with van der Waals surface area (Å²) < 4.78 is 82.0. The van der Waals surface area contributed by atoms with Crippen molar-refractivity contribution in [2.45, 2.75) is 18.9 Å². The number of halogens is 7. The first-order valence-corrected chi connectivity index (χ1v) is 12.3. The summed E-state index contributed by atoms with van der Waals surface area (Å²) in [5.41, 5.74) is 2.65. The number of nitrogens with zero attached hydrogens (tertiary/aromatic N) is 6. The fourth-order valence-corrected chi connectivity index (χ4v) is 4.43. The van der Waals surface area contributed by atoms with Gasteiger partial charge in [-0.15, -0.1) is 10.2 Å². The number of carbonyl (C=O) groups is 1. The van der Waals surface area contributed by atoms with E-state index in [1.54, 1.807) is 24.3 Å². The van der Waals surface area contributed by atoms with Gasteiger partial charge in [-0.3, -0.25) is 9.78 Å². The van der Waals surface area contributed by atoms with Crippen LogP contribution in [0.2, 0.25) is 5.02 Å². The van der Waals surface area contributed by atoms with Gasteiger partial charge in [-0.2, -0.15) is 31.4 Å². The second-order valence-electron chi connectivity index (χ2n) is 8.91. The minimum absolute atomic E-state index is 0.0326. The first kappa shape index (κ1) is 28.7. The highest BCUT2D eigenvalue weighted by molar-refractivity contribution is 6.35. The van der Waals surface area contributed by atoms with Crippen molar-refractivity contribution in [1.29, 1.82) is 0 Å². The summed E-state index contributed by atoms with van der Waals surface area (Å²) in [7, 11) is 0. The van der Waals surface area contributed by atoms with Crippen LogP contribution in [-0.4, -0.2) is 36.0 Å². The van der Waals surface area contributed by atoms with Crippen molar-refractivity contribution in [1.82, 2.24) is 30.2 Å². The number of alkyl halides is 6. The molecular formula is C27H16ClF6N7O. The van der Waals surface area contributed by atoms with Crippen molar-refractivity contribution in [3.05, 3.63) is 106 Å². The summed E-state index contributed by atoms with van der Waals surface area (Å²) in [6, 6.07) is 12.1. The van der Waals surface area contributed by atoms with Crippen molar-refractivity contribution < 1.29 is 31.1 Å². The number of carbonyl (C=O) groups excluding carboxylic acids is 1. The first-order chi connectivity index (χ1) is 19.8. The zero-order chi connectivity index (χ0) is 30.2. The van der Waals surface area contributed by atoms with Crippen LogP contribution in [0, 0.1) is 0 Å². The molecule has 2 aromatic carbocycles. The molecule has 0 atom stereocenters. The third-order valence-electron chi connectivity index (χ3n) is 6.07. The van der Waals surface area contributed by atoms with Gasteiger partial charge in [0.25, 0.3) is 0 Å². The van der Waals surface area contributed by atoms with E-state index in [1.807, 2.05) is 0 Å². The van der Waals surface area contributed by atoms with Crippen LogP contribution in [0.5, 0.6) is 0 Å². The Morgan fingerprint density at radius 2 is 1.55 bits per heavy atom. The number of nitrogens with two attached hydrogens (primary N) is 1. The van der Waals surface area contributed by atoms with Crippen LogP contribution in [-0.2, 0) is 18.9 Å². The predicted octanol–water partition coefficient (Wildman–Crippen LogP) is 6.35. The average molecular weight is 604 g/mol. The Labute approximate surface area is 237 Å². The molecule has 3 heterocycles. The van der Waals surface area contributed by atoms with E-state index >= 15 is 0 Å². The Morgan fingerprint density at radius 1 is 0.881 bits per heavy atom. The molecule has 0 aliphatic heterocycles. The van der Waals surface area contributed by atoms with Gasteiger partial charge in [-0.25, -0.2) is 4.68 Å². The van der Waals surface area contributed by atoms with E-state index in [-0.39, 0.29) is 56.2 Å². The van der Waals surface area contributed by atoms with Crippen LogP contribution in [0.1, 0.15) is 32.6 Å². The summed E-state index contributed by atoms with van der Waals surface area (Å²) in [6.45, 7) is -0.574. The van der Waals surface area contributed by atoms with Crippen molar-refractivity contribution in [2.75, 3.05) is 5.73 Å². The Balaban J connectivity index is 1.70. The van der Waals surface area contributed by atoms with Crippen LogP contribution < -0.4 is 5.73 Å². The van der Waals surface area contributed by atoms with E-state index in [0.29, 0.717) is 12.1 Å². The summed E-state index contributed by atoms with van der Waals surface area (Å²) in [5, 5.41) is 16.1. The summed E-state index contributed by atoms with van der Waals surface area (Å²) in [4.78, 5) is 17.8. The monoisotopic (exact) mass is 603 g/mol. The molecule has 5 rings (SSSR count). The number of nitrogen functional groups attached to an aromatic ring is 1. The molecule has 42 heavy (non-hydrogen) atoms. The molecule has 0 unspecified atom stereocenters. The third kappa shape index (κ3) is 5.65. The molecule has 5 aromatic rings. The average Bonchev–Trinajstić information content (AvgIpc) is 3.35. The maximum absolute atomic E-state index is 13.6. The molecule has 214 valence electrons. The fourth-order valence-electron chi connectivity index (χ4n) is 4.21. The van der Waals surface area contributed by atoms with Crippen LogP contribution in [0.15, 0.2) is 73.1 Å². The maximum atomic E-state index is 13.6. The number of rotatable bonds is 6. The Bertz CT molecular complexity index is 1760. The van der Waals surface area contributed by atoms with E-state index in [4.69, 9.17) is 17.3 Å². The normalized spacial score (nSPS) is 12.0. The maximum Gasteiger partial charge on any atom is 0.416 e. The number of benzene rings is 2. The molecule has 0 radical (unpaired) electrons. The number of hydrogen-bond donors (Lipinski definition) is 1. The summed E-state index contributed by atoms with van der Waals surface area (Å²) >= 11 is 6.23. The molecule has 8 nitrogen and oxygen atoms in total. The second-order valence-corrected chi connectivity index (χ2v) is 9.31. The number of hydrogen-bond acceptors (Lipinski definition) is 7. The first-order valence-electron chi connectivity index (χ1n) is 11.9. The van der Waals surface area contributed by atoms with Crippen LogP contribution in [0.25, 0.3) is 22.8 Å². The van der Waals surface area contributed by atoms with E-state index in [2.05, 4.69) is 25.5 Å². The SMILES string of the molecule is Nc1cnnc(-c2nnn(Cc3cc(C(F)(F)F)cc(C(F)(F)F)c3)c2-c2ccccn2)c1C(=O)c1ccccc1Cl. The van der Waals surface area contributed by atoms with Crippen molar-refractivity contribution in [3.8, 4) is 22.8 Å². The number of pyridine rings is 1. The molecule has 2 N–H and O–H groups in total. The molecule has 0 fully saturated rings. The number of aromatic nitrogens is 6. The smallest absolute Gasteiger partial charge is 0.397 e. The minimum Gasteiger partial charge on any atom is -0.397 e. The number of ketones is 1. The van der Waals surface area contributed by atoms with Crippen molar-refractivity contribution >= 4 is 23.1 Å². The highest BCUT2D eigenvalue weighted by Crippen LogP contribution is 2.38. The highest BCUT2D eigenvalue weighted by atomic mass is 35.5. The van der Waals surface area contributed by atoms with Crippen LogP contribution in [0.4, 0.5) is 32.0 Å².